The molecule has 1 unspecified atom stereocenters. The predicted octanol–water partition coefficient (Wildman–Crippen LogP) is 5.86. The van der Waals surface area contributed by atoms with Crippen molar-refractivity contribution in [2.45, 2.75) is 38.6 Å². The van der Waals surface area contributed by atoms with E-state index in [0.717, 1.165) is 25.0 Å². The molecule has 0 aliphatic heterocycles. The first-order valence-electron chi connectivity index (χ1n) is 9.34. The van der Waals surface area contributed by atoms with E-state index in [4.69, 9.17) is 9.47 Å². The first-order chi connectivity index (χ1) is 12.9. The number of hydrogen-bond acceptors (Lipinski definition) is 2. The molecule has 0 radical (unpaired) electrons. The smallest absolute Gasteiger partial charge is 0.123 e. The predicted molar refractivity (Wildman–Crippen MR) is 104 cm³/mol. The molecular formula is C24H24O2. The maximum atomic E-state index is 6.26. The Hall–Kier alpha value is -2.58. The highest BCUT2D eigenvalue weighted by molar-refractivity contribution is 5.43. The van der Waals surface area contributed by atoms with Crippen molar-refractivity contribution in [1.29, 1.82) is 0 Å². The average Bonchev–Trinajstić information content (AvgIpc) is 2.72. The number of fused-ring (bicyclic) bond motifs is 1. The Bertz CT molecular complexity index is 827. The van der Waals surface area contributed by atoms with Crippen LogP contribution < -0.4 is 4.74 Å². The largest absolute Gasteiger partial charge is 0.489 e. The molecule has 3 aromatic rings. The van der Waals surface area contributed by atoms with Crippen molar-refractivity contribution < 1.29 is 9.47 Å². The van der Waals surface area contributed by atoms with Gasteiger partial charge in [-0.05, 0) is 47.6 Å². The van der Waals surface area contributed by atoms with Crippen molar-refractivity contribution >= 4 is 0 Å². The summed E-state index contributed by atoms with van der Waals surface area (Å²) in [6.45, 7) is 1.26. The molecule has 132 valence electrons. The van der Waals surface area contributed by atoms with Crippen LogP contribution in [0.3, 0.4) is 0 Å². The van der Waals surface area contributed by atoms with E-state index in [1.165, 1.54) is 22.3 Å². The molecule has 3 aromatic carbocycles. The van der Waals surface area contributed by atoms with Gasteiger partial charge in [-0.2, -0.15) is 0 Å². The summed E-state index contributed by atoms with van der Waals surface area (Å²) in [6, 6.07) is 27.1. The second kappa shape index (κ2) is 8.20. The van der Waals surface area contributed by atoms with E-state index in [-0.39, 0.29) is 6.10 Å². The van der Waals surface area contributed by atoms with Crippen LogP contribution in [0.5, 0.6) is 5.75 Å². The van der Waals surface area contributed by atoms with Gasteiger partial charge in [0.15, 0.2) is 0 Å². The molecule has 0 N–H and O–H groups in total. The molecule has 1 aliphatic carbocycles. The Balaban J connectivity index is 1.47. The highest BCUT2D eigenvalue weighted by Crippen LogP contribution is 2.38. The van der Waals surface area contributed by atoms with E-state index in [9.17, 15) is 0 Å². The second-order valence-electron chi connectivity index (χ2n) is 6.78. The highest BCUT2D eigenvalue weighted by Gasteiger charge is 2.23. The Morgan fingerprint density at radius 3 is 2.15 bits per heavy atom. The van der Waals surface area contributed by atoms with Crippen LogP contribution in [0.4, 0.5) is 0 Å². The zero-order valence-electron chi connectivity index (χ0n) is 14.9. The van der Waals surface area contributed by atoms with Gasteiger partial charge in [-0.15, -0.1) is 0 Å². The quantitative estimate of drug-likeness (QED) is 0.557. The normalized spacial score (nSPS) is 16.1. The monoisotopic (exact) mass is 344 g/mol. The minimum absolute atomic E-state index is 0.152. The van der Waals surface area contributed by atoms with Gasteiger partial charge in [-0.1, -0.05) is 72.8 Å². The van der Waals surface area contributed by atoms with E-state index in [0.29, 0.717) is 13.2 Å². The van der Waals surface area contributed by atoms with E-state index in [1.807, 2.05) is 24.3 Å². The van der Waals surface area contributed by atoms with Gasteiger partial charge in [0.05, 0.1) is 12.7 Å². The van der Waals surface area contributed by atoms with Crippen molar-refractivity contribution in [3.05, 3.63) is 101 Å². The zero-order valence-corrected chi connectivity index (χ0v) is 14.9. The van der Waals surface area contributed by atoms with Crippen LogP contribution in [-0.2, 0) is 24.4 Å². The molecule has 26 heavy (non-hydrogen) atoms. The molecule has 4 rings (SSSR count). The summed E-state index contributed by atoms with van der Waals surface area (Å²) in [5.41, 5.74) is 5.01. The summed E-state index contributed by atoms with van der Waals surface area (Å²) in [7, 11) is 0. The first-order valence-corrected chi connectivity index (χ1v) is 9.34. The Morgan fingerprint density at radius 2 is 1.42 bits per heavy atom. The standard InChI is InChI=1S/C24H24O2/c1-3-9-19(10-4-1)17-25-23-15-7-14-22-21(23)13-8-16-24(22)26-18-20-11-5-2-6-12-20/h1-7,9-12,14-15,24H,8,13,16-18H2. The Labute approximate surface area is 155 Å². The van der Waals surface area contributed by atoms with E-state index < -0.39 is 0 Å². The van der Waals surface area contributed by atoms with Gasteiger partial charge in [0.25, 0.3) is 0 Å². The van der Waals surface area contributed by atoms with Crippen LogP contribution in [-0.4, -0.2) is 0 Å². The van der Waals surface area contributed by atoms with Crippen LogP contribution in [0.25, 0.3) is 0 Å². The lowest BCUT2D eigenvalue weighted by atomic mass is 9.88. The number of ether oxygens (including phenoxy) is 2. The van der Waals surface area contributed by atoms with Crippen molar-refractivity contribution in [3.63, 3.8) is 0 Å². The maximum absolute atomic E-state index is 6.26. The van der Waals surface area contributed by atoms with E-state index >= 15 is 0 Å². The molecule has 0 saturated carbocycles. The molecule has 2 nitrogen and oxygen atoms in total. The lowest BCUT2D eigenvalue weighted by Gasteiger charge is -2.27. The molecule has 0 heterocycles. The summed E-state index contributed by atoms with van der Waals surface area (Å²) >= 11 is 0. The summed E-state index contributed by atoms with van der Waals surface area (Å²) in [6.07, 6.45) is 3.42. The molecule has 0 bridgehead atoms. The number of benzene rings is 3. The number of hydrogen-bond donors (Lipinski definition) is 0. The molecular weight excluding hydrogens is 320 g/mol. The highest BCUT2D eigenvalue weighted by atomic mass is 16.5. The van der Waals surface area contributed by atoms with Gasteiger partial charge in [0, 0.05) is 0 Å². The summed E-state index contributed by atoms with van der Waals surface area (Å²) < 4.78 is 12.4. The number of rotatable bonds is 6. The van der Waals surface area contributed by atoms with Crippen molar-refractivity contribution in [1.82, 2.24) is 0 Å². The Morgan fingerprint density at radius 1 is 0.731 bits per heavy atom. The summed E-state index contributed by atoms with van der Waals surface area (Å²) in [5, 5.41) is 0. The van der Waals surface area contributed by atoms with Crippen LogP contribution in [0.1, 0.15) is 41.2 Å². The molecule has 1 atom stereocenters. The fraction of sp³-hybridized carbons (Fsp3) is 0.250. The average molecular weight is 344 g/mol. The first kappa shape index (κ1) is 16.9. The second-order valence-corrected chi connectivity index (χ2v) is 6.78. The maximum Gasteiger partial charge on any atom is 0.123 e. The lowest BCUT2D eigenvalue weighted by molar-refractivity contribution is 0.0279. The molecule has 0 fully saturated rings. The van der Waals surface area contributed by atoms with E-state index in [1.54, 1.807) is 0 Å². The van der Waals surface area contributed by atoms with Crippen LogP contribution >= 0.6 is 0 Å². The topological polar surface area (TPSA) is 18.5 Å². The molecule has 0 spiro atoms. The van der Waals surface area contributed by atoms with Crippen molar-refractivity contribution in [3.8, 4) is 5.75 Å². The van der Waals surface area contributed by atoms with Gasteiger partial charge >= 0.3 is 0 Å². The molecule has 1 aliphatic rings. The summed E-state index contributed by atoms with van der Waals surface area (Å²) in [4.78, 5) is 0. The van der Waals surface area contributed by atoms with Crippen molar-refractivity contribution in [2.24, 2.45) is 0 Å². The Kier molecular flexibility index (Phi) is 5.32. The third-order valence-electron chi connectivity index (χ3n) is 4.94. The van der Waals surface area contributed by atoms with Crippen LogP contribution in [0, 0.1) is 0 Å². The minimum atomic E-state index is 0.152. The lowest BCUT2D eigenvalue weighted by Crippen LogP contribution is -2.14. The van der Waals surface area contributed by atoms with Gasteiger partial charge in [0.2, 0.25) is 0 Å². The van der Waals surface area contributed by atoms with Crippen LogP contribution in [0.2, 0.25) is 0 Å². The molecule has 0 aromatic heterocycles. The molecule has 0 saturated heterocycles. The van der Waals surface area contributed by atoms with Gasteiger partial charge in [-0.3, -0.25) is 0 Å². The fourth-order valence-electron chi connectivity index (χ4n) is 3.59. The summed E-state index contributed by atoms with van der Waals surface area (Å²) in [5.74, 6) is 0.999. The van der Waals surface area contributed by atoms with Gasteiger partial charge in [0.1, 0.15) is 12.4 Å². The van der Waals surface area contributed by atoms with Gasteiger partial charge in [-0.25, -0.2) is 0 Å². The third kappa shape index (κ3) is 3.97. The van der Waals surface area contributed by atoms with E-state index in [2.05, 4.69) is 54.6 Å². The van der Waals surface area contributed by atoms with Gasteiger partial charge < -0.3 is 9.47 Å². The molecule has 0 amide bonds. The van der Waals surface area contributed by atoms with Crippen LogP contribution in [0.15, 0.2) is 78.9 Å². The third-order valence-corrected chi connectivity index (χ3v) is 4.94. The fourth-order valence-corrected chi connectivity index (χ4v) is 3.59. The SMILES string of the molecule is c1ccc(COc2cccc3c2CCCC3OCc2ccccc2)cc1. The van der Waals surface area contributed by atoms with Crippen molar-refractivity contribution in [2.75, 3.05) is 0 Å². The minimum Gasteiger partial charge on any atom is -0.489 e. The zero-order chi connectivity index (χ0) is 17.6. The molecule has 2 heteroatoms.